The SMILES string of the molecule is COc1ccc(CC[C@]2(C)NC(=O)N(CN3CCCCCCC3)C2=O)cc1. The van der Waals surface area contributed by atoms with Gasteiger partial charge in [0.15, 0.2) is 0 Å². The van der Waals surface area contributed by atoms with Crippen LogP contribution in [-0.2, 0) is 11.2 Å². The first kappa shape index (κ1) is 19.7. The van der Waals surface area contributed by atoms with Crippen molar-refractivity contribution in [3.8, 4) is 5.75 Å². The van der Waals surface area contributed by atoms with Gasteiger partial charge in [0.05, 0.1) is 13.8 Å². The molecule has 27 heavy (non-hydrogen) atoms. The van der Waals surface area contributed by atoms with E-state index in [1.54, 1.807) is 7.11 Å². The quantitative estimate of drug-likeness (QED) is 0.778. The van der Waals surface area contributed by atoms with Gasteiger partial charge in [-0.05, 0) is 63.4 Å². The highest BCUT2D eigenvalue weighted by molar-refractivity contribution is 6.06. The maximum atomic E-state index is 13.0. The van der Waals surface area contributed by atoms with E-state index in [1.807, 2.05) is 31.2 Å². The Kier molecular flexibility index (Phi) is 6.37. The zero-order valence-corrected chi connectivity index (χ0v) is 16.5. The summed E-state index contributed by atoms with van der Waals surface area (Å²) < 4.78 is 5.18. The summed E-state index contributed by atoms with van der Waals surface area (Å²) in [5, 5.41) is 2.93. The third-order valence-electron chi connectivity index (χ3n) is 5.71. The van der Waals surface area contributed by atoms with Crippen molar-refractivity contribution in [2.45, 2.75) is 57.4 Å². The van der Waals surface area contributed by atoms with Gasteiger partial charge in [0.1, 0.15) is 11.3 Å². The Bertz CT molecular complexity index is 653. The lowest BCUT2D eigenvalue weighted by molar-refractivity contribution is -0.132. The number of ether oxygens (including phenoxy) is 1. The number of carbonyl (C=O) groups excluding carboxylic acids is 2. The van der Waals surface area contributed by atoms with E-state index in [4.69, 9.17) is 4.74 Å². The number of imide groups is 1. The number of hydrogen-bond donors (Lipinski definition) is 1. The van der Waals surface area contributed by atoms with E-state index in [0.29, 0.717) is 13.1 Å². The second-order valence-electron chi connectivity index (χ2n) is 7.87. The number of nitrogens with zero attached hydrogens (tertiary/aromatic N) is 2. The lowest BCUT2D eigenvalue weighted by Crippen LogP contribution is -2.46. The largest absolute Gasteiger partial charge is 0.497 e. The number of rotatable bonds is 6. The summed E-state index contributed by atoms with van der Waals surface area (Å²) in [5.74, 6) is 0.706. The Balaban J connectivity index is 1.59. The molecule has 1 aromatic carbocycles. The van der Waals surface area contributed by atoms with Crippen molar-refractivity contribution in [2.75, 3.05) is 26.9 Å². The van der Waals surface area contributed by atoms with Crippen LogP contribution in [0.25, 0.3) is 0 Å². The zero-order valence-electron chi connectivity index (χ0n) is 16.5. The normalized spacial score (nSPS) is 24.4. The number of methoxy groups -OCH3 is 1. The van der Waals surface area contributed by atoms with Crippen molar-refractivity contribution in [1.82, 2.24) is 15.1 Å². The topological polar surface area (TPSA) is 61.9 Å². The van der Waals surface area contributed by atoms with Gasteiger partial charge in [-0.15, -0.1) is 0 Å². The molecule has 0 unspecified atom stereocenters. The lowest BCUT2D eigenvalue weighted by Gasteiger charge is -2.28. The third-order valence-corrected chi connectivity index (χ3v) is 5.71. The van der Waals surface area contributed by atoms with Gasteiger partial charge < -0.3 is 10.1 Å². The number of nitrogens with one attached hydrogen (secondary N) is 1. The van der Waals surface area contributed by atoms with Crippen molar-refractivity contribution in [1.29, 1.82) is 0 Å². The first-order valence-corrected chi connectivity index (χ1v) is 10.0. The Morgan fingerprint density at radius 2 is 1.67 bits per heavy atom. The summed E-state index contributed by atoms with van der Waals surface area (Å²) >= 11 is 0. The smallest absolute Gasteiger partial charge is 0.326 e. The molecule has 2 aliphatic rings. The summed E-state index contributed by atoms with van der Waals surface area (Å²) in [6.07, 6.45) is 7.34. The molecule has 0 aromatic heterocycles. The predicted molar refractivity (Wildman–Crippen MR) is 105 cm³/mol. The van der Waals surface area contributed by atoms with Gasteiger partial charge in [0.25, 0.3) is 5.91 Å². The molecule has 3 amide bonds. The molecule has 3 rings (SSSR count). The zero-order chi connectivity index (χ0) is 19.3. The molecule has 0 aliphatic carbocycles. The summed E-state index contributed by atoms with van der Waals surface area (Å²) in [5.41, 5.74) is 0.293. The number of hydrogen-bond acceptors (Lipinski definition) is 4. The Hall–Kier alpha value is -2.08. The molecule has 0 bridgehead atoms. The average Bonchev–Trinajstić information content (AvgIpc) is 2.85. The number of urea groups is 1. The van der Waals surface area contributed by atoms with Gasteiger partial charge in [0.2, 0.25) is 0 Å². The maximum Gasteiger partial charge on any atom is 0.326 e. The summed E-state index contributed by atoms with van der Waals surface area (Å²) in [6.45, 7) is 4.16. The van der Waals surface area contributed by atoms with Gasteiger partial charge >= 0.3 is 6.03 Å². The molecule has 148 valence electrons. The van der Waals surface area contributed by atoms with Crippen molar-refractivity contribution in [3.63, 3.8) is 0 Å². The first-order valence-electron chi connectivity index (χ1n) is 10.0. The van der Waals surface area contributed by atoms with Crippen LogP contribution in [0.1, 0.15) is 51.0 Å². The van der Waals surface area contributed by atoms with Gasteiger partial charge in [-0.3, -0.25) is 9.69 Å². The number of benzene rings is 1. The van der Waals surface area contributed by atoms with E-state index < -0.39 is 5.54 Å². The van der Waals surface area contributed by atoms with Gasteiger partial charge in [0, 0.05) is 0 Å². The van der Waals surface area contributed by atoms with Crippen LogP contribution < -0.4 is 10.1 Å². The Morgan fingerprint density at radius 3 is 2.30 bits per heavy atom. The minimum absolute atomic E-state index is 0.108. The molecule has 0 radical (unpaired) electrons. The number of aryl methyl sites for hydroxylation is 1. The summed E-state index contributed by atoms with van der Waals surface area (Å²) in [4.78, 5) is 29.1. The maximum absolute atomic E-state index is 13.0. The minimum Gasteiger partial charge on any atom is -0.497 e. The standard InChI is InChI=1S/C21H31N3O3/c1-21(13-12-17-8-10-18(27-2)11-9-17)19(25)24(20(26)22-21)16-23-14-6-4-3-5-7-15-23/h8-11H,3-7,12-16H2,1-2H3,(H,22,26)/t21-/m0/s1. The second-order valence-corrected chi connectivity index (χ2v) is 7.87. The van der Waals surface area contributed by atoms with Crippen LogP contribution in [0.2, 0.25) is 0 Å². The van der Waals surface area contributed by atoms with E-state index in [-0.39, 0.29) is 11.9 Å². The monoisotopic (exact) mass is 373 g/mol. The van der Waals surface area contributed by atoms with Gasteiger partial charge in [-0.1, -0.05) is 31.4 Å². The van der Waals surface area contributed by atoms with Crippen LogP contribution in [0.5, 0.6) is 5.75 Å². The molecule has 1 atom stereocenters. The van der Waals surface area contributed by atoms with Crippen molar-refractivity contribution in [3.05, 3.63) is 29.8 Å². The predicted octanol–water partition coefficient (Wildman–Crippen LogP) is 3.16. The van der Waals surface area contributed by atoms with E-state index >= 15 is 0 Å². The van der Waals surface area contributed by atoms with E-state index in [1.165, 1.54) is 24.2 Å². The van der Waals surface area contributed by atoms with Crippen molar-refractivity contribution >= 4 is 11.9 Å². The highest BCUT2D eigenvalue weighted by Gasteiger charge is 2.47. The fourth-order valence-electron chi connectivity index (χ4n) is 3.89. The molecule has 2 aliphatic heterocycles. The summed E-state index contributed by atoms with van der Waals surface area (Å²) in [7, 11) is 1.64. The van der Waals surface area contributed by atoms with Crippen LogP contribution >= 0.6 is 0 Å². The second kappa shape index (κ2) is 8.74. The fourth-order valence-corrected chi connectivity index (χ4v) is 3.89. The molecule has 6 heteroatoms. The first-order chi connectivity index (χ1) is 13.0. The molecule has 2 saturated heterocycles. The van der Waals surface area contributed by atoms with Crippen LogP contribution in [0.4, 0.5) is 4.79 Å². The molecule has 6 nitrogen and oxygen atoms in total. The van der Waals surface area contributed by atoms with Crippen molar-refractivity contribution < 1.29 is 14.3 Å². The summed E-state index contributed by atoms with van der Waals surface area (Å²) in [6, 6.07) is 7.57. The number of carbonyl (C=O) groups is 2. The van der Waals surface area contributed by atoms with E-state index in [0.717, 1.165) is 43.7 Å². The van der Waals surface area contributed by atoms with E-state index in [2.05, 4.69) is 10.2 Å². The van der Waals surface area contributed by atoms with Crippen LogP contribution in [0.15, 0.2) is 24.3 Å². The molecule has 1 N–H and O–H groups in total. The molecular weight excluding hydrogens is 342 g/mol. The molecule has 1 aromatic rings. The van der Waals surface area contributed by atoms with Gasteiger partial charge in [-0.25, -0.2) is 9.69 Å². The Labute approximate surface area is 161 Å². The fraction of sp³-hybridized carbons (Fsp3) is 0.619. The Morgan fingerprint density at radius 1 is 1.04 bits per heavy atom. The van der Waals surface area contributed by atoms with Crippen molar-refractivity contribution in [2.24, 2.45) is 0 Å². The molecule has 0 saturated carbocycles. The lowest BCUT2D eigenvalue weighted by atomic mass is 9.93. The van der Waals surface area contributed by atoms with Crippen LogP contribution in [-0.4, -0.2) is 54.1 Å². The molecule has 0 spiro atoms. The highest BCUT2D eigenvalue weighted by Crippen LogP contribution is 2.24. The number of likely N-dealkylation sites (tertiary alicyclic amines) is 1. The van der Waals surface area contributed by atoms with Gasteiger partial charge in [-0.2, -0.15) is 0 Å². The number of amides is 3. The highest BCUT2D eigenvalue weighted by atomic mass is 16.5. The van der Waals surface area contributed by atoms with Crippen LogP contribution in [0.3, 0.4) is 0 Å². The average molecular weight is 373 g/mol. The van der Waals surface area contributed by atoms with Crippen LogP contribution in [0, 0.1) is 0 Å². The third kappa shape index (κ3) is 4.80. The molecule has 2 fully saturated rings. The van der Waals surface area contributed by atoms with E-state index in [9.17, 15) is 9.59 Å². The minimum atomic E-state index is -0.834. The molecular formula is C21H31N3O3. The molecule has 2 heterocycles.